The molecule has 1 aliphatic rings. The largest absolute Gasteiger partial charge is 0.490 e. The highest BCUT2D eigenvalue weighted by Gasteiger charge is 2.22. The highest BCUT2D eigenvalue weighted by molar-refractivity contribution is 5.78. The first-order valence-electron chi connectivity index (χ1n) is 9.37. The van der Waals surface area contributed by atoms with E-state index in [0.29, 0.717) is 13.1 Å². The van der Waals surface area contributed by atoms with Crippen molar-refractivity contribution < 1.29 is 9.53 Å². The second-order valence-corrected chi connectivity index (χ2v) is 7.10. The van der Waals surface area contributed by atoms with Crippen LogP contribution < -0.4 is 10.1 Å². The summed E-state index contributed by atoms with van der Waals surface area (Å²) in [6, 6.07) is 16.3. The normalized spacial score (nSPS) is 15.6. The summed E-state index contributed by atoms with van der Waals surface area (Å²) < 4.78 is 6.12. The van der Waals surface area contributed by atoms with Gasteiger partial charge in [0, 0.05) is 19.6 Å². The van der Waals surface area contributed by atoms with Gasteiger partial charge in [0.15, 0.2) is 0 Å². The SMILES string of the molecule is Cc1ccc(OC2CCN(CC(=O)NCc3ccccc3)CC2)cc1C. The number of benzene rings is 2. The predicted octanol–water partition coefficient (Wildman–Crippen LogP) is 3.46. The first-order valence-corrected chi connectivity index (χ1v) is 9.37. The van der Waals surface area contributed by atoms with Crippen LogP contribution in [0.3, 0.4) is 0 Å². The fourth-order valence-corrected chi connectivity index (χ4v) is 3.22. The second-order valence-electron chi connectivity index (χ2n) is 7.10. The molecule has 0 aliphatic carbocycles. The van der Waals surface area contributed by atoms with Gasteiger partial charge < -0.3 is 10.1 Å². The Balaban J connectivity index is 1.39. The lowest BCUT2D eigenvalue weighted by Crippen LogP contribution is -2.43. The van der Waals surface area contributed by atoms with Crippen molar-refractivity contribution in [3.8, 4) is 5.75 Å². The maximum absolute atomic E-state index is 12.1. The van der Waals surface area contributed by atoms with Crippen LogP contribution >= 0.6 is 0 Å². The van der Waals surface area contributed by atoms with Crippen LogP contribution in [-0.2, 0) is 11.3 Å². The smallest absolute Gasteiger partial charge is 0.234 e. The topological polar surface area (TPSA) is 41.6 Å². The van der Waals surface area contributed by atoms with E-state index in [0.717, 1.165) is 37.2 Å². The average molecular weight is 352 g/mol. The summed E-state index contributed by atoms with van der Waals surface area (Å²) >= 11 is 0. The summed E-state index contributed by atoms with van der Waals surface area (Å²) in [5, 5.41) is 3.00. The number of amides is 1. The number of hydrogen-bond acceptors (Lipinski definition) is 3. The molecule has 1 N–H and O–H groups in total. The van der Waals surface area contributed by atoms with E-state index in [2.05, 4.69) is 36.2 Å². The minimum absolute atomic E-state index is 0.0855. The van der Waals surface area contributed by atoms with Crippen LogP contribution in [0, 0.1) is 13.8 Å². The molecule has 1 saturated heterocycles. The van der Waals surface area contributed by atoms with Gasteiger partial charge in [0.2, 0.25) is 5.91 Å². The highest BCUT2D eigenvalue weighted by Crippen LogP contribution is 2.21. The van der Waals surface area contributed by atoms with E-state index in [1.165, 1.54) is 11.1 Å². The van der Waals surface area contributed by atoms with Crippen LogP contribution in [0.2, 0.25) is 0 Å². The molecule has 0 saturated carbocycles. The number of nitrogens with zero attached hydrogens (tertiary/aromatic N) is 1. The summed E-state index contributed by atoms with van der Waals surface area (Å²) in [5.41, 5.74) is 3.67. The van der Waals surface area contributed by atoms with E-state index in [1.807, 2.05) is 36.4 Å². The summed E-state index contributed by atoms with van der Waals surface area (Å²) in [6.45, 7) is 7.07. The molecule has 2 aromatic rings. The lowest BCUT2D eigenvalue weighted by molar-refractivity contribution is -0.122. The van der Waals surface area contributed by atoms with Crippen molar-refractivity contribution in [1.29, 1.82) is 0 Å². The number of carbonyl (C=O) groups excluding carboxylic acids is 1. The van der Waals surface area contributed by atoms with E-state index in [4.69, 9.17) is 4.74 Å². The molecule has 0 radical (unpaired) electrons. The molecule has 0 unspecified atom stereocenters. The van der Waals surface area contributed by atoms with E-state index in [9.17, 15) is 4.79 Å². The number of aryl methyl sites for hydroxylation is 2. The van der Waals surface area contributed by atoms with Crippen molar-refractivity contribution in [2.75, 3.05) is 19.6 Å². The maximum Gasteiger partial charge on any atom is 0.234 e. The molecular formula is C22H28N2O2. The lowest BCUT2D eigenvalue weighted by Gasteiger charge is -2.31. The van der Waals surface area contributed by atoms with Gasteiger partial charge >= 0.3 is 0 Å². The van der Waals surface area contributed by atoms with E-state index >= 15 is 0 Å². The Morgan fingerprint density at radius 3 is 2.50 bits per heavy atom. The molecule has 4 nitrogen and oxygen atoms in total. The van der Waals surface area contributed by atoms with Crippen LogP contribution in [0.5, 0.6) is 5.75 Å². The number of nitrogens with one attached hydrogen (secondary N) is 1. The van der Waals surface area contributed by atoms with Crippen molar-refractivity contribution in [2.45, 2.75) is 39.3 Å². The van der Waals surface area contributed by atoms with Crippen molar-refractivity contribution in [3.63, 3.8) is 0 Å². The number of ether oxygens (including phenoxy) is 1. The molecule has 1 aliphatic heterocycles. The minimum Gasteiger partial charge on any atom is -0.490 e. The molecule has 2 aromatic carbocycles. The molecule has 26 heavy (non-hydrogen) atoms. The zero-order chi connectivity index (χ0) is 18.4. The molecule has 0 atom stereocenters. The molecule has 138 valence electrons. The molecule has 0 spiro atoms. The standard InChI is InChI=1S/C22H28N2O2/c1-17-8-9-21(14-18(17)2)26-20-10-12-24(13-11-20)16-22(25)23-15-19-6-4-3-5-7-19/h3-9,14,20H,10-13,15-16H2,1-2H3,(H,23,25). The molecule has 0 bridgehead atoms. The summed E-state index contributed by atoms with van der Waals surface area (Å²) in [6.07, 6.45) is 2.15. The van der Waals surface area contributed by atoms with Crippen LogP contribution in [-0.4, -0.2) is 36.5 Å². The monoisotopic (exact) mass is 352 g/mol. The quantitative estimate of drug-likeness (QED) is 0.866. The summed E-state index contributed by atoms with van der Waals surface area (Å²) in [5.74, 6) is 1.04. The number of piperidine rings is 1. The van der Waals surface area contributed by atoms with Gasteiger partial charge in [-0.15, -0.1) is 0 Å². The van der Waals surface area contributed by atoms with Gasteiger partial charge in [0.25, 0.3) is 0 Å². The fraction of sp³-hybridized carbons (Fsp3) is 0.409. The van der Waals surface area contributed by atoms with Crippen molar-refractivity contribution in [3.05, 3.63) is 65.2 Å². The van der Waals surface area contributed by atoms with Crippen LogP contribution in [0.15, 0.2) is 48.5 Å². The van der Waals surface area contributed by atoms with Gasteiger partial charge in [0.1, 0.15) is 11.9 Å². The predicted molar refractivity (Wildman–Crippen MR) is 104 cm³/mol. The van der Waals surface area contributed by atoms with E-state index < -0.39 is 0 Å². The lowest BCUT2D eigenvalue weighted by atomic mass is 10.1. The van der Waals surface area contributed by atoms with E-state index in [-0.39, 0.29) is 12.0 Å². The summed E-state index contributed by atoms with van der Waals surface area (Å²) in [4.78, 5) is 14.4. The first-order chi connectivity index (χ1) is 12.6. The van der Waals surface area contributed by atoms with Crippen molar-refractivity contribution >= 4 is 5.91 Å². The zero-order valence-electron chi connectivity index (χ0n) is 15.7. The third-order valence-electron chi connectivity index (χ3n) is 5.02. The number of rotatable bonds is 6. The molecule has 0 aromatic heterocycles. The van der Waals surface area contributed by atoms with E-state index in [1.54, 1.807) is 0 Å². The van der Waals surface area contributed by atoms with Gasteiger partial charge in [-0.2, -0.15) is 0 Å². The molecular weight excluding hydrogens is 324 g/mol. The zero-order valence-corrected chi connectivity index (χ0v) is 15.7. The van der Waals surface area contributed by atoms with Crippen molar-refractivity contribution in [2.24, 2.45) is 0 Å². The Morgan fingerprint density at radius 1 is 1.08 bits per heavy atom. The van der Waals surface area contributed by atoms with Crippen LogP contribution in [0.1, 0.15) is 29.5 Å². The fourth-order valence-electron chi connectivity index (χ4n) is 3.22. The molecule has 1 heterocycles. The van der Waals surface area contributed by atoms with Gasteiger partial charge in [-0.05, 0) is 55.5 Å². The Morgan fingerprint density at radius 2 is 1.81 bits per heavy atom. The molecule has 1 amide bonds. The van der Waals surface area contributed by atoms with Gasteiger partial charge in [0.05, 0.1) is 6.54 Å². The molecule has 3 rings (SSSR count). The van der Waals surface area contributed by atoms with Crippen LogP contribution in [0.4, 0.5) is 0 Å². The van der Waals surface area contributed by atoms with Gasteiger partial charge in [-0.1, -0.05) is 36.4 Å². The Labute approximate surface area is 156 Å². The average Bonchev–Trinajstić information content (AvgIpc) is 2.65. The second kappa shape index (κ2) is 8.86. The molecule has 4 heteroatoms. The maximum atomic E-state index is 12.1. The van der Waals surface area contributed by atoms with Gasteiger partial charge in [-0.3, -0.25) is 9.69 Å². The van der Waals surface area contributed by atoms with Crippen LogP contribution in [0.25, 0.3) is 0 Å². The first kappa shape index (κ1) is 18.5. The molecule has 1 fully saturated rings. The van der Waals surface area contributed by atoms with Crippen molar-refractivity contribution in [1.82, 2.24) is 10.2 Å². The van der Waals surface area contributed by atoms with Gasteiger partial charge in [-0.25, -0.2) is 0 Å². The Hall–Kier alpha value is -2.33. The third kappa shape index (κ3) is 5.33. The number of hydrogen-bond donors (Lipinski definition) is 1. The number of likely N-dealkylation sites (tertiary alicyclic amines) is 1. The highest BCUT2D eigenvalue weighted by atomic mass is 16.5. The number of carbonyl (C=O) groups is 1. The third-order valence-corrected chi connectivity index (χ3v) is 5.02. The summed E-state index contributed by atoms with van der Waals surface area (Å²) in [7, 11) is 0. The minimum atomic E-state index is 0.0855. The Kier molecular flexibility index (Phi) is 6.29. The Bertz CT molecular complexity index is 722.